The van der Waals surface area contributed by atoms with Crippen molar-refractivity contribution in [2.75, 3.05) is 0 Å². The van der Waals surface area contributed by atoms with Crippen molar-refractivity contribution in [1.82, 2.24) is 5.32 Å². The minimum Gasteiger partial charge on any atom is -0.350 e. The maximum atomic E-state index is 12.1. The molecule has 2 aromatic carbocycles. The lowest BCUT2D eigenvalue weighted by Crippen LogP contribution is -2.26. The molecule has 116 valence electrons. The Hall–Kier alpha value is -2.09. The topological polar surface area (TPSA) is 29.1 Å². The van der Waals surface area contributed by atoms with Crippen LogP contribution in [0.4, 0.5) is 0 Å². The van der Waals surface area contributed by atoms with E-state index in [2.05, 4.69) is 68.6 Å². The molecule has 0 fully saturated rings. The summed E-state index contributed by atoms with van der Waals surface area (Å²) in [5.41, 5.74) is 6.16. The average molecular weight is 295 g/mol. The SMILES string of the molecule is Cc1ccc(CCC(=O)NC(C)c2ccc(C)c(C)c2)cc1. The Bertz CT molecular complexity index is 643. The third-order valence-corrected chi connectivity index (χ3v) is 4.17. The van der Waals surface area contributed by atoms with Crippen LogP contribution < -0.4 is 5.32 Å². The normalized spacial score (nSPS) is 12.0. The van der Waals surface area contributed by atoms with Gasteiger partial charge in [0, 0.05) is 6.42 Å². The quantitative estimate of drug-likeness (QED) is 0.869. The molecule has 1 amide bonds. The van der Waals surface area contributed by atoms with E-state index in [1.165, 1.54) is 22.3 Å². The van der Waals surface area contributed by atoms with Gasteiger partial charge >= 0.3 is 0 Å². The molecule has 0 spiro atoms. The molecule has 2 rings (SSSR count). The summed E-state index contributed by atoms with van der Waals surface area (Å²) < 4.78 is 0. The second-order valence-corrected chi connectivity index (χ2v) is 6.12. The van der Waals surface area contributed by atoms with Crippen molar-refractivity contribution >= 4 is 5.91 Å². The van der Waals surface area contributed by atoms with Gasteiger partial charge in [-0.2, -0.15) is 0 Å². The summed E-state index contributed by atoms with van der Waals surface area (Å²) >= 11 is 0. The molecule has 0 aliphatic rings. The van der Waals surface area contributed by atoms with E-state index in [4.69, 9.17) is 0 Å². The number of aryl methyl sites for hydroxylation is 4. The highest BCUT2D eigenvalue weighted by atomic mass is 16.1. The molecule has 0 saturated carbocycles. The van der Waals surface area contributed by atoms with Gasteiger partial charge in [0.15, 0.2) is 0 Å². The van der Waals surface area contributed by atoms with Gasteiger partial charge in [-0.25, -0.2) is 0 Å². The minimum absolute atomic E-state index is 0.0461. The first-order valence-electron chi connectivity index (χ1n) is 7.88. The van der Waals surface area contributed by atoms with Crippen LogP contribution in [0.25, 0.3) is 0 Å². The summed E-state index contributed by atoms with van der Waals surface area (Å²) in [4.78, 5) is 12.1. The smallest absolute Gasteiger partial charge is 0.220 e. The molecule has 22 heavy (non-hydrogen) atoms. The van der Waals surface area contributed by atoms with Crippen molar-refractivity contribution in [3.63, 3.8) is 0 Å². The lowest BCUT2D eigenvalue weighted by molar-refractivity contribution is -0.121. The lowest BCUT2D eigenvalue weighted by atomic mass is 10.0. The number of carbonyl (C=O) groups excluding carboxylic acids is 1. The molecule has 2 aromatic rings. The standard InChI is InChI=1S/C20H25NO/c1-14-5-8-18(9-6-14)10-12-20(22)21-17(4)19-11-7-15(2)16(3)13-19/h5-9,11,13,17H,10,12H2,1-4H3,(H,21,22). The average Bonchev–Trinajstić information content (AvgIpc) is 2.49. The third kappa shape index (κ3) is 4.45. The van der Waals surface area contributed by atoms with E-state index in [1.54, 1.807) is 0 Å². The van der Waals surface area contributed by atoms with E-state index in [0.29, 0.717) is 6.42 Å². The molecule has 1 unspecified atom stereocenters. The van der Waals surface area contributed by atoms with Gasteiger partial charge in [-0.15, -0.1) is 0 Å². The summed E-state index contributed by atoms with van der Waals surface area (Å²) in [6.07, 6.45) is 1.31. The van der Waals surface area contributed by atoms with E-state index in [-0.39, 0.29) is 11.9 Å². The number of carbonyl (C=O) groups is 1. The second kappa shape index (κ2) is 7.26. The van der Waals surface area contributed by atoms with Crippen molar-refractivity contribution in [3.8, 4) is 0 Å². The molecule has 0 saturated heterocycles. The minimum atomic E-state index is 0.0461. The van der Waals surface area contributed by atoms with Crippen LogP contribution in [0, 0.1) is 20.8 Å². The molecule has 1 N–H and O–H groups in total. The highest BCUT2D eigenvalue weighted by molar-refractivity contribution is 5.76. The van der Waals surface area contributed by atoms with Gasteiger partial charge in [-0.05, 0) is 56.4 Å². The summed E-state index contributed by atoms with van der Waals surface area (Å²) in [5.74, 6) is 0.103. The summed E-state index contributed by atoms with van der Waals surface area (Å²) in [7, 11) is 0. The molecule has 2 heteroatoms. The van der Waals surface area contributed by atoms with E-state index >= 15 is 0 Å². The predicted molar refractivity (Wildman–Crippen MR) is 92.0 cm³/mol. The van der Waals surface area contributed by atoms with Crippen LogP contribution in [0.3, 0.4) is 0 Å². The molecule has 0 aromatic heterocycles. The van der Waals surface area contributed by atoms with Crippen molar-refractivity contribution in [3.05, 3.63) is 70.3 Å². The zero-order chi connectivity index (χ0) is 16.1. The van der Waals surface area contributed by atoms with Crippen molar-refractivity contribution in [2.24, 2.45) is 0 Å². The maximum absolute atomic E-state index is 12.1. The summed E-state index contributed by atoms with van der Waals surface area (Å²) in [6.45, 7) is 8.31. The van der Waals surface area contributed by atoms with Gasteiger partial charge in [0.25, 0.3) is 0 Å². The molecule has 0 aliphatic heterocycles. The van der Waals surface area contributed by atoms with Crippen LogP contribution in [0.2, 0.25) is 0 Å². The van der Waals surface area contributed by atoms with Crippen molar-refractivity contribution in [1.29, 1.82) is 0 Å². The van der Waals surface area contributed by atoms with Crippen LogP contribution >= 0.6 is 0 Å². The molecule has 0 heterocycles. The second-order valence-electron chi connectivity index (χ2n) is 6.12. The fourth-order valence-corrected chi connectivity index (χ4v) is 2.44. The fourth-order valence-electron chi connectivity index (χ4n) is 2.44. The van der Waals surface area contributed by atoms with Gasteiger partial charge < -0.3 is 5.32 Å². The van der Waals surface area contributed by atoms with Crippen LogP contribution in [-0.2, 0) is 11.2 Å². The van der Waals surface area contributed by atoms with Gasteiger partial charge in [0.1, 0.15) is 0 Å². The molecule has 2 nitrogen and oxygen atoms in total. The van der Waals surface area contributed by atoms with Gasteiger partial charge in [0.2, 0.25) is 5.91 Å². The largest absolute Gasteiger partial charge is 0.350 e. The van der Waals surface area contributed by atoms with Crippen LogP contribution in [0.15, 0.2) is 42.5 Å². The Morgan fingerprint density at radius 3 is 2.32 bits per heavy atom. The fraction of sp³-hybridized carbons (Fsp3) is 0.350. The lowest BCUT2D eigenvalue weighted by Gasteiger charge is -2.16. The Morgan fingerprint density at radius 2 is 1.68 bits per heavy atom. The van der Waals surface area contributed by atoms with Gasteiger partial charge in [0.05, 0.1) is 6.04 Å². The van der Waals surface area contributed by atoms with E-state index < -0.39 is 0 Å². The first-order chi connectivity index (χ1) is 10.5. The first-order valence-corrected chi connectivity index (χ1v) is 7.88. The predicted octanol–water partition coefficient (Wildman–Crippen LogP) is 4.42. The molecule has 0 aliphatic carbocycles. The third-order valence-electron chi connectivity index (χ3n) is 4.17. The Labute approximate surface area is 133 Å². The maximum Gasteiger partial charge on any atom is 0.220 e. The van der Waals surface area contributed by atoms with Gasteiger partial charge in [-0.3, -0.25) is 4.79 Å². The monoisotopic (exact) mass is 295 g/mol. The number of nitrogens with one attached hydrogen (secondary N) is 1. The number of amides is 1. The molecule has 1 atom stereocenters. The highest BCUT2D eigenvalue weighted by Gasteiger charge is 2.10. The molecular weight excluding hydrogens is 270 g/mol. The zero-order valence-electron chi connectivity index (χ0n) is 13.9. The van der Waals surface area contributed by atoms with E-state index in [0.717, 1.165) is 12.0 Å². The molecule has 0 radical (unpaired) electrons. The van der Waals surface area contributed by atoms with Gasteiger partial charge in [-0.1, -0.05) is 48.0 Å². The van der Waals surface area contributed by atoms with Crippen molar-refractivity contribution < 1.29 is 4.79 Å². The van der Waals surface area contributed by atoms with Crippen molar-refractivity contribution in [2.45, 2.75) is 46.6 Å². The number of hydrogen-bond acceptors (Lipinski definition) is 1. The van der Waals surface area contributed by atoms with Crippen LogP contribution in [0.5, 0.6) is 0 Å². The number of hydrogen-bond donors (Lipinski definition) is 1. The van der Waals surface area contributed by atoms with Crippen LogP contribution in [-0.4, -0.2) is 5.91 Å². The zero-order valence-corrected chi connectivity index (χ0v) is 13.9. The summed E-state index contributed by atoms with van der Waals surface area (Å²) in [6, 6.07) is 14.8. The Kier molecular flexibility index (Phi) is 5.37. The highest BCUT2D eigenvalue weighted by Crippen LogP contribution is 2.17. The molecule has 0 bridgehead atoms. The van der Waals surface area contributed by atoms with E-state index in [1.807, 2.05) is 6.92 Å². The Balaban J connectivity index is 1.88. The number of rotatable bonds is 5. The van der Waals surface area contributed by atoms with Crippen LogP contribution in [0.1, 0.15) is 47.2 Å². The first kappa shape index (κ1) is 16.3. The number of benzene rings is 2. The summed E-state index contributed by atoms with van der Waals surface area (Å²) in [5, 5.41) is 3.09. The van der Waals surface area contributed by atoms with E-state index in [9.17, 15) is 4.79 Å². The molecular formula is C20H25NO. The Morgan fingerprint density at radius 1 is 1.00 bits per heavy atom.